The van der Waals surface area contributed by atoms with Crippen molar-refractivity contribution >= 4 is 6.09 Å². The Labute approximate surface area is 129 Å². The van der Waals surface area contributed by atoms with Crippen LogP contribution in [0.3, 0.4) is 0 Å². The average molecular weight is 296 g/mol. The number of carbonyl (C=O) groups is 1. The van der Waals surface area contributed by atoms with Crippen LogP contribution in [0.4, 0.5) is 4.79 Å². The SMILES string of the molecule is CCC1CCC(NC2CCN(C(=O)OC(C)(C)C)C2)C1C. The van der Waals surface area contributed by atoms with Gasteiger partial charge in [-0.1, -0.05) is 20.3 Å². The topological polar surface area (TPSA) is 41.6 Å². The van der Waals surface area contributed by atoms with Crippen LogP contribution in [0.5, 0.6) is 0 Å². The lowest BCUT2D eigenvalue weighted by molar-refractivity contribution is 0.0290. The number of nitrogens with zero attached hydrogens (tertiary/aromatic N) is 1. The molecule has 122 valence electrons. The van der Waals surface area contributed by atoms with Gasteiger partial charge in [0, 0.05) is 25.2 Å². The molecular formula is C17H32N2O2. The minimum atomic E-state index is -0.406. The Bertz CT molecular complexity index is 364. The monoisotopic (exact) mass is 296 g/mol. The van der Waals surface area contributed by atoms with E-state index in [1.54, 1.807) is 0 Å². The van der Waals surface area contributed by atoms with Gasteiger partial charge < -0.3 is 15.0 Å². The smallest absolute Gasteiger partial charge is 0.410 e. The molecule has 4 nitrogen and oxygen atoms in total. The van der Waals surface area contributed by atoms with Crippen LogP contribution < -0.4 is 5.32 Å². The average Bonchev–Trinajstić information content (AvgIpc) is 2.96. The predicted molar refractivity (Wildman–Crippen MR) is 85.3 cm³/mol. The van der Waals surface area contributed by atoms with E-state index in [1.807, 2.05) is 25.7 Å². The van der Waals surface area contributed by atoms with E-state index in [1.165, 1.54) is 19.3 Å². The quantitative estimate of drug-likeness (QED) is 0.867. The van der Waals surface area contributed by atoms with E-state index >= 15 is 0 Å². The molecule has 1 heterocycles. The van der Waals surface area contributed by atoms with Crippen LogP contribution in [0.2, 0.25) is 0 Å². The van der Waals surface area contributed by atoms with Gasteiger partial charge in [-0.15, -0.1) is 0 Å². The molecular weight excluding hydrogens is 264 g/mol. The molecule has 0 aromatic heterocycles. The fraction of sp³-hybridized carbons (Fsp3) is 0.941. The van der Waals surface area contributed by atoms with E-state index in [9.17, 15) is 4.79 Å². The first kappa shape index (κ1) is 16.6. The van der Waals surface area contributed by atoms with Gasteiger partial charge in [0.25, 0.3) is 0 Å². The third-order valence-electron chi connectivity index (χ3n) is 5.04. The van der Waals surface area contributed by atoms with Crippen molar-refractivity contribution in [3.63, 3.8) is 0 Å². The Kier molecular flexibility index (Phi) is 5.18. The van der Waals surface area contributed by atoms with Gasteiger partial charge in [0.05, 0.1) is 0 Å². The third-order valence-corrected chi connectivity index (χ3v) is 5.04. The molecule has 0 aromatic rings. The highest BCUT2D eigenvalue weighted by Crippen LogP contribution is 2.34. The van der Waals surface area contributed by atoms with E-state index < -0.39 is 5.60 Å². The minimum absolute atomic E-state index is 0.169. The molecule has 1 amide bonds. The second-order valence-electron chi connectivity index (χ2n) is 7.79. The first-order chi connectivity index (χ1) is 9.80. The van der Waals surface area contributed by atoms with E-state index in [-0.39, 0.29) is 6.09 Å². The summed E-state index contributed by atoms with van der Waals surface area (Å²) < 4.78 is 5.45. The molecule has 0 radical (unpaired) electrons. The first-order valence-electron chi connectivity index (χ1n) is 8.54. The summed E-state index contributed by atoms with van der Waals surface area (Å²) in [6.45, 7) is 12.0. The van der Waals surface area contributed by atoms with Crippen LogP contribution in [-0.4, -0.2) is 41.8 Å². The molecule has 4 atom stereocenters. The standard InChI is InChI=1S/C17H32N2O2/c1-6-13-7-8-15(12(13)2)18-14-9-10-19(11-14)16(20)21-17(3,4)5/h12-15,18H,6-11H2,1-5H3. The van der Waals surface area contributed by atoms with Crippen molar-refractivity contribution in [2.45, 2.75) is 78.0 Å². The number of ether oxygens (including phenoxy) is 1. The molecule has 1 aliphatic carbocycles. The fourth-order valence-corrected chi connectivity index (χ4v) is 3.75. The molecule has 1 aliphatic heterocycles. The van der Waals surface area contributed by atoms with Crippen molar-refractivity contribution in [3.05, 3.63) is 0 Å². The maximum atomic E-state index is 12.1. The number of hydrogen-bond donors (Lipinski definition) is 1. The Morgan fingerprint density at radius 3 is 2.57 bits per heavy atom. The zero-order valence-corrected chi connectivity index (χ0v) is 14.3. The molecule has 21 heavy (non-hydrogen) atoms. The summed E-state index contributed by atoms with van der Waals surface area (Å²) in [6.07, 6.45) is 4.78. The van der Waals surface area contributed by atoms with Gasteiger partial charge in [0.15, 0.2) is 0 Å². The summed E-state index contributed by atoms with van der Waals surface area (Å²) in [5.74, 6) is 1.62. The second kappa shape index (κ2) is 6.55. The van der Waals surface area contributed by atoms with E-state index in [0.29, 0.717) is 12.1 Å². The van der Waals surface area contributed by atoms with Crippen molar-refractivity contribution in [2.75, 3.05) is 13.1 Å². The highest BCUT2D eigenvalue weighted by atomic mass is 16.6. The summed E-state index contributed by atoms with van der Waals surface area (Å²) in [7, 11) is 0. The maximum Gasteiger partial charge on any atom is 0.410 e. The summed E-state index contributed by atoms with van der Waals surface area (Å²) in [5.41, 5.74) is -0.406. The van der Waals surface area contributed by atoms with Crippen LogP contribution in [0.1, 0.15) is 60.3 Å². The number of carbonyl (C=O) groups excluding carboxylic acids is 1. The van der Waals surface area contributed by atoms with Gasteiger partial charge in [-0.25, -0.2) is 4.79 Å². The number of nitrogens with one attached hydrogen (secondary N) is 1. The Hall–Kier alpha value is -0.770. The molecule has 0 bridgehead atoms. The Morgan fingerprint density at radius 2 is 2.00 bits per heavy atom. The normalized spacial score (nSPS) is 33.5. The lowest BCUT2D eigenvalue weighted by Crippen LogP contribution is -2.43. The lowest BCUT2D eigenvalue weighted by Gasteiger charge is -2.26. The molecule has 4 heteroatoms. The minimum Gasteiger partial charge on any atom is -0.444 e. The van der Waals surface area contributed by atoms with Gasteiger partial charge in [-0.05, 0) is 51.9 Å². The fourth-order valence-electron chi connectivity index (χ4n) is 3.75. The largest absolute Gasteiger partial charge is 0.444 e. The van der Waals surface area contributed by atoms with Crippen molar-refractivity contribution in [2.24, 2.45) is 11.8 Å². The zero-order valence-electron chi connectivity index (χ0n) is 14.3. The molecule has 0 aromatic carbocycles. The highest BCUT2D eigenvalue weighted by Gasteiger charge is 2.35. The van der Waals surface area contributed by atoms with Crippen LogP contribution in [0.25, 0.3) is 0 Å². The van der Waals surface area contributed by atoms with Crippen LogP contribution in [0.15, 0.2) is 0 Å². The molecule has 2 aliphatic rings. The molecule has 0 spiro atoms. The summed E-state index contributed by atoms with van der Waals surface area (Å²) >= 11 is 0. The zero-order chi connectivity index (χ0) is 15.6. The van der Waals surface area contributed by atoms with Crippen LogP contribution in [0, 0.1) is 11.8 Å². The van der Waals surface area contributed by atoms with Gasteiger partial charge in [0.1, 0.15) is 5.60 Å². The molecule has 2 rings (SSSR count). The van der Waals surface area contributed by atoms with Gasteiger partial charge in [0.2, 0.25) is 0 Å². The van der Waals surface area contributed by atoms with Crippen molar-refractivity contribution in [1.29, 1.82) is 0 Å². The predicted octanol–water partition coefficient (Wildman–Crippen LogP) is 3.41. The number of likely N-dealkylation sites (tertiary alicyclic amines) is 1. The molecule has 2 fully saturated rings. The van der Waals surface area contributed by atoms with Crippen molar-refractivity contribution < 1.29 is 9.53 Å². The summed E-state index contributed by atoms with van der Waals surface area (Å²) in [4.78, 5) is 13.9. The van der Waals surface area contributed by atoms with Gasteiger partial charge in [-0.3, -0.25) is 0 Å². The van der Waals surface area contributed by atoms with E-state index in [4.69, 9.17) is 4.74 Å². The number of hydrogen-bond acceptors (Lipinski definition) is 3. The maximum absolute atomic E-state index is 12.1. The Balaban J connectivity index is 1.79. The molecule has 4 unspecified atom stereocenters. The molecule has 1 saturated carbocycles. The van der Waals surface area contributed by atoms with E-state index in [0.717, 1.165) is 31.3 Å². The molecule has 1 saturated heterocycles. The van der Waals surface area contributed by atoms with Crippen molar-refractivity contribution in [1.82, 2.24) is 10.2 Å². The molecule has 1 N–H and O–H groups in total. The second-order valence-corrected chi connectivity index (χ2v) is 7.79. The summed E-state index contributed by atoms with van der Waals surface area (Å²) in [5, 5.41) is 3.79. The third kappa shape index (κ3) is 4.35. The number of amides is 1. The number of rotatable bonds is 3. The lowest BCUT2D eigenvalue weighted by atomic mass is 9.93. The van der Waals surface area contributed by atoms with Crippen LogP contribution in [-0.2, 0) is 4.74 Å². The van der Waals surface area contributed by atoms with Crippen LogP contribution >= 0.6 is 0 Å². The van der Waals surface area contributed by atoms with Crippen molar-refractivity contribution in [3.8, 4) is 0 Å². The Morgan fingerprint density at radius 1 is 1.29 bits per heavy atom. The highest BCUT2D eigenvalue weighted by molar-refractivity contribution is 5.68. The van der Waals surface area contributed by atoms with Gasteiger partial charge in [-0.2, -0.15) is 0 Å². The first-order valence-corrected chi connectivity index (χ1v) is 8.54. The van der Waals surface area contributed by atoms with E-state index in [2.05, 4.69) is 19.2 Å². The van der Waals surface area contributed by atoms with Gasteiger partial charge >= 0.3 is 6.09 Å². The summed E-state index contributed by atoms with van der Waals surface area (Å²) in [6, 6.07) is 1.05.